The van der Waals surface area contributed by atoms with Crippen molar-refractivity contribution in [2.24, 2.45) is 35.5 Å². The Morgan fingerprint density at radius 1 is 0.803 bits per heavy atom. The summed E-state index contributed by atoms with van der Waals surface area (Å²) in [5.41, 5.74) is 0.549. The van der Waals surface area contributed by atoms with Gasteiger partial charge >= 0.3 is 6.09 Å². The average molecular weight is 1020 g/mol. The van der Waals surface area contributed by atoms with Gasteiger partial charge in [-0.1, -0.05) is 67.0 Å². The molecule has 5 amide bonds. The summed E-state index contributed by atoms with van der Waals surface area (Å²) in [5.74, 6) is -3.26. The number of hydrogen-bond donors (Lipinski definition) is 2. The Bertz CT molecular complexity index is 2100. The van der Waals surface area contributed by atoms with Gasteiger partial charge in [-0.2, -0.15) is 0 Å². The van der Waals surface area contributed by atoms with Gasteiger partial charge in [0.25, 0.3) is 5.91 Å². The minimum Gasteiger partial charge on any atom is -0.410 e. The van der Waals surface area contributed by atoms with Crippen molar-refractivity contribution in [2.75, 3.05) is 55.0 Å². The summed E-state index contributed by atoms with van der Waals surface area (Å²) in [6.07, 6.45) is 1.69. The molecular weight excluding hydrogens is 933 g/mol. The molecule has 0 radical (unpaired) electrons. The molecule has 1 aromatic carbocycles. The predicted molar refractivity (Wildman–Crippen MR) is 270 cm³/mol. The molecule has 4 rings (SSSR count). The first kappa shape index (κ1) is 59.1. The summed E-state index contributed by atoms with van der Waals surface area (Å²) in [7, 11) is 4.48. The van der Waals surface area contributed by atoms with E-state index in [1.165, 1.54) is 14.2 Å². The Morgan fingerprint density at radius 3 is 1.93 bits per heavy atom. The van der Waals surface area contributed by atoms with Crippen LogP contribution in [0, 0.1) is 35.5 Å². The summed E-state index contributed by atoms with van der Waals surface area (Å²) in [4.78, 5) is 102. The van der Waals surface area contributed by atoms with Crippen molar-refractivity contribution in [3.63, 3.8) is 0 Å². The van der Waals surface area contributed by atoms with E-state index in [0.717, 1.165) is 0 Å². The van der Waals surface area contributed by atoms with Crippen LogP contribution in [0.25, 0.3) is 0 Å². The number of nitrogens with zero attached hydrogens (tertiary/aromatic N) is 4. The number of carbonyl (C=O) groups is 7. The number of benzene rings is 1. The third kappa shape index (κ3) is 15.8. The van der Waals surface area contributed by atoms with Crippen LogP contribution in [0.4, 0.5) is 4.79 Å². The Kier molecular flexibility index (Phi) is 22.0. The number of hydrogen-bond acceptors (Lipinski definition) is 13. The SMILES string of the molecule is CC[C@H](C)[C@@H]([C@@H](CC(=O)N1CCC[C@H]1[C@H](OC)[C@@H](C)C(=O)N[C@@H](Cc1ccc(OC(=O)N2CCC(C(C)=O)CC2)cc1)C(=O)NS(=O)(=O)C1CC1)OC)N(C)C(=O)[C@@H](CC(=O)[C@H](C(C)C)N(C)C)C(C)C. The zero-order valence-corrected chi connectivity index (χ0v) is 45.4. The monoisotopic (exact) mass is 1020 g/mol. The Hall–Kier alpha value is -4.46. The highest BCUT2D eigenvalue weighted by molar-refractivity contribution is 7.90. The maximum Gasteiger partial charge on any atom is 0.415 e. The maximum absolute atomic E-state index is 14.5. The summed E-state index contributed by atoms with van der Waals surface area (Å²) in [5, 5.41) is 2.09. The molecule has 2 N–H and O–H groups in total. The van der Waals surface area contributed by atoms with E-state index in [1.807, 2.05) is 60.5 Å². The van der Waals surface area contributed by atoms with E-state index in [1.54, 1.807) is 59.9 Å². The number of ketones is 2. The van der Waals surface area contributed by atoms with Gasteiger partial charge in [0.15, 0.2) is 5.78 Å². The summed E-state index contributed by atoms with van der Waals surface area (Å²) in [6.45, 7) is 16.3. The molecule has 1 aromatic rings. The minimum atomic E-state index is -3.98. The van der Waals surface area contributed by atoms with Crippen molar-refractivity contribution < 1.29 is 56.2 Å². The van der Waals surface area contributed by atoms with Gasteiger partial charge in [0, 0.05) is 65.6 Å². The molecule has 3 fully saturated rings. The molecule has 400 valence electrons. The maximum atomic E-state index is 14.5. The first-order valence-corrected chi connectivity index (χ1v) is 27.1. The molecule has 3 aliphatic rings. The first-order valence-electron chi connectivity index (χ1n) is 25.6. The van der Waals surface area contributed by atoms with Crippen molar-refractivity contribution in [3.8, 4) is 5.75 Å². The minimum absolute atomic E-state index is 0.00613. The third-order valence-corrected chi connectivity index (χ3v) is 16.9. The number of nitrogens with one attached hydrogen (secondary N) is 2. The molecule has 71 heavy (non-hydrogen) atoms. The van der Waals surface area contributed by atoms with Crippen molar-refractivity contribution in [2.45, 2.75) is 161 Å². The lowest BCUT2D eigenvalue weighted by molar-refractivity contribution is -0.149. The number of carbonyl (C=O) groups excluding carboxylic acids is 7. The van der Waals surface area contributed by atoms with Crippen LogP contribution >= 0.6 is 0 Å². The molecule has 1 saturated carbocycles. The highest BCUT2D eigenvalue weighted by Gasteiger charge is 2.44. The molecular formula is C52H84N6O12S. The van der Waals surface area contributed by atoms with E-state index in [0.29, 0.717) is 70.1 Å². The van der Waals surface area contributed by atoms with E-state index in [2.05, 4.69) is 10.0 Å². The van der Waals surface area contributed by atoms with Crippen LogP contribution in [0.5, 0.6) is 5.75 Å². The number of methoxy groups -OCH3 is 2. The molecule has 2 saturated heterocycles. The fourth-order valence-electron chi connectivity index (χ4n) is 10.5. The Balaban J connectivity index is 1.49. The number of piperidine rings is 1. The van der Waals surface area contributed by atoms with E-state index < -0.39 is 75.4 Å². The van der Waals surface area contributed by atoms with Gasteiger partial charge in [-0.25, -0.2) is 13.2 Å². The van der Waals surface area contributed by atoms with Gasteiger partial charge in [0.2, 0.25) is 27.7 Å². The highest BCUT2D eigenvalue weighted by atomic mass is 32.2. The van der Waals surface area contributed by atoms with Crippen LogP contribution < -0.4 is 14.8 Å². The summed E-state index contributed by atoms with van der Waals surface area (Å²) >= 11 is 0. The standard InChI is InChI=1S/C52H84N6O12S/c1-14-33(6)47(56(11)51(64)40(31(2)3)29-43(60)46(32(4)5)55(9)10)44(68-12)30-45(61)58-25-15-16-42(58)48(69-13)34(7)49(62)53-41(50(63)54-71(66,67)39-21-22-39)28-36-17-19-38(20-18-36)70-52(65)57-26-23-37(24-27-57)35(8)59/h17-20,31-34,37,39-42,44,46-48H,14-16,21-30H2,1-13H3,(H,53,62)(H,54,63)/t33-,34+,40-,41-,42-,44+,46-,47-,48+/m0/s1. The second-order valence-electron chi connectivity index (χ2n) is 21.1. The van der Waals surface area contributed by atoms with Crippen LogP contribution in [-0.4, -0.2) is 166 Å². The van der Waals surface area contributed by atoms with E-state index >= 15 is 0 Å². The van der Waals surface area contributed by atoms with Gasteiger partial charge in [-0.05, 0) is 95.0 Å². The number of rotatable bonds is 26. The third-order valence-electron chi connectivity index (χ3n) is 15.1. The molecule has 1 aliphatic carbocycles. The second-order valence-corrected chi connectivity index (χ2v) is 23.1. The van der Waals surface area contributed by atoms with Gasteiger partial charge < -0.3 is 34.2 Å². The molecule has 0 spiro atoms. The van der Waals surface area contributed by atoms with E-state index in [9.17, 15) is 42.0 Å². The molecule has 2 heterocycles. The van der Waals surface area contributed by atoms with Crippen molar-refractivity contribution in [3.05, 3.63) is 29.8 Å². The molecule has 0 bridgehead atoms. The van der Waals surface area contributed by atoms with Gasteiger partial charge in [0.05, 0.1) is 47.9 Å². The smallest absolute Gasteiger partial charge is 0.410 e. The average Bonchev–Trinajstić information content (AvgIpc) is 4.08. The number of likely N-dealkylation sites (N-methyl/N-ethyl adjacent to an activating group) is 2. The van der Waals surface area contributed by atoms with Crippen LogP contribution in [0.15, 0.2) is 24.3 Å². The van der Waals surface area contributed by atoms with Gasteiger partial charge in [-0.15, -0.1) is 0 Å². The fraction of sp³-hybridized carbons (Fsp3) is 0.750. The molecule has 18 nitrogen and oxygen atoms in total. The van der Waals surface area contributed by atoms with Gasteiger partial charge in [0.1, 0.15) is 17.6 Å². The molecule has 9 atom stereocenters. The van der Waals surface area contributed by atoms with Crippen molar-refractivity contribution >= 4 is 51.3 Å². The fourth-order valence-corrected chi connectivity index (χ4v) is 11.9. The van der Waals surface area contributed by atoms with Crippen molar-refractivity contribution in [1.29, 1.82) is 0 Å². The normalized spacial score (nSPS) is 20.1. The van der Waals surface area contributed by atoms with E-state index in [-0.39, 0.29) is 78.1 Å². The summed E-state index contributed by atoms with van der Waals surface area (Å²) < 4.78 is 45.7. The van der Waals surface area contributed by atoms with Crippen LogP contribution in [-0.2, 0) is 54.7 Å². The number of amides is 5. The zero-order chi connectivity index (χ0) is 53.1. The predicted octanol–water partition coefficient (Wildman–Crippen LogP) is 4.86. The van der Waals surface area contributed by atoms with Crippen LogP contribution in [0.2, 0.25) is 0 Å². The molecule has 19 heteroatoms. The number of sulfonamides is 1. The number of Topliss-reactive ketones (excluding diaryl/α,β-unsaturated/α-hetero) is 2. The lowest BCUT2D eigenvalue weighted by atomic mass is 9.83. The topological polar surface area (TPSA) is 218 Å². The van der Waals surface area contributed by atoms with Gasteiger partial charge in [-0.3, -0.25) is 38.4 Å². The number of ether oxygens (including phenoxy) is 3. The van der Waals surface area contributed by atoms with Crippen LogP contribution in [0.3, 0.4) is 0 Å². The lowest BCUT2D eigenvalue weighted by Crippen LogP contribution is -2.55. The van der Waals surface area contributed by atoms with Crippen LogP contribution in [0.1, 0.15) is 119 Å². The molecule has 0 unspecified atom stereocenters. The quantitative estimate of drug-likeness (QED) is 0.127. The second kappa shape index (κ2) is 26.5. The molecule has 0 aromatic heterocycles. The Labute approximate surface area is 423 Å². The van der Waals surface area contributed by atoms with E-state index in [4.69, 9.17) is 14.2 Å². The van der Waals surface area contributed by atoms with Crippen molar-refractivity contribution in [1.82, 2.24) is 29.6 Å². The molecule has 2 aliphatic heterocycles. The lowest BCUT2D eigenvalue weighted by Gasteiger charge is -2.41. The number of likely N-dealkylation sites (tertiary alicyclic amines) is 2. The summed E-state index contributed by atoms with van der Waals surface area (Å²) in [6, 6.07) is 3.66. The highest BCUT2D eigenvalue weighted by Crippen LogP contribution is 2.32. The Morgan fingerprint density at radius 2 is 1.42 bits per heavy atom. The largest absolute Gasteiger partial charge is 0.415 e. The zero-order valence-electron chi connectivity index (χ0n) is 44.6. The first-order chi connectivity index (χ1) is 33.4.